The standard InChI is InChI=1S/C14H14N2O3/c1-19-14(18)9-6-7-12-15-11-5-3-2-4-10(11)13(17)16(12)8-9/h6-8H,2-5H2,1H3. The highest BCUT2D eigenvalue weighted by molar-refractivity contribution is 5.89. The summed E-state index contributed by atoms with van der Waals surface area (Å²) in [5, 5.41) is 0. The smallest absolute Gasteiger partial charge is 0.339 e. The summed E-state index contributed by atoms with van der Waals surface area (Å²) in [5.74, 6) is -0.452. The van der Waals surface area contributed by atoms with E-state index in [4.69, 9.17) is 0 Å². The van der Waals surface area contributed by atoms with Gasteiger partial charge in [0.25, 0.3) is 5.56 Å². The lowest BCUT2D eigenvalue weighted by molar-refractivity contribution is 0.0600. The van der Waals surface area contributed by atoms with Crippen molar-refractivity contribution in [2.45, 2.75) is 25.7 Å². The van der Waals surface area contributed by atoms with Gasteiger partial charge in [0, 0.05) is 11.8 Å². The molecule has 2 heterocycles. The van der Waals surface area contributed by atoms with Crippen LogP contribution in [0.1, 0.15) is 34.5 Å². The summed E-state index contributed by atoms with van der Waals surface area (Å²) in [6, 6.07) is 3.31. The van der Waals surface area contributed by atoms with E-state index in [1.54, 1.807) is 12.1 Å². The van der Waals surface area contributed by atoms with E-state index in [9.17, 15) is 9.59 Å². The molecule has 3 rings (SSSR count). The van der Waals surface area contributed by atoms with Gasteiger partial charge in [-0.15, -0.1) is 0 Å². The Labute approximate surface area is 109 Å². The van der Waals surface area contributed by atoms with Crippen LogP contribution in [0.4, 0.5) is 0 Å². The number of fused-ring (bicyclic) bond motifs is 2. The van der Waals surface area contributed by atoms with Gasteiger partial charge in [0.15, 0.2) is 0 Å². The molecule has 2 aromatic heterocycles. The van der Waals surface area contributed by atoms with Crippen molar-refractivity contribution < 1.29 is 9.53 Å². The molecule has 2 aromatic rings. The van der Waals surface area contributed by atoms with Crippen LogP contribution in [-0.2, 0) is 17.6 Å². The topological polar surface area (TPSA) is 60.7 Å². The second-order valence-corrected chi connectivity index (χ2v) is 4.69. The maximum absolute atomic E-state index is 12.4. The third-order valence-corrected chi connectivity index (χ3v) is 3.51. The summed E-state index contributed by atoms with van der Waals surface area (Å²) in [6.45, 7) is 0. The highest BCUT2D eigenvalue weighted by atomic mass is 16.5. The molecule has 5 nitrogen and oxygen atoms in total. The summed E-state index contributed by atoms with van der Waals surface area (Å²) in [7, 11) is 1.32. The van der Waals surface area contributed by atoms with Gasteiger partial charge in [-0.2, -0.15) is 0 Å². The number of ether oxygens (including phenoxy) is 1. The van der Waals surface area contributed by atoms with Gasteiger partial charge in [-0.25, -0.2) is 9.78 Å². The average molecular weight is 258 g/mol. The van der Waals surface area contributed by atoms with Gasteiger partial charge in [0.05, 0.1) is 18.4 Å². The molecule has 0 atom stereocenters. The van der Waals surface area contributed by atoms with Crippen LogP contribution in [0.2, 0.25) is 0 Å². The summed E-state index contributed by atoms with van der Waals surface area (Å²) in [5.41, 5.74) is 2.56. The lowest BCUT2D eigenvalue weighted by atomic mass is 9.97. The van der Waals surface area contributed by atoms with E-state index in [-0.39, 0.29) is 5.56 Å². The molecule has 1 aliphatic rings. The molecule has 0 aliphatic heterocycles. The maximum atomic E-state index is 12.4. The lowest BCUT2D eigenvalue weighted by Crippen LogP contribution is -2.25. The highest BCUT2D eigenvalue weighted by Crippen LogP contribution is 2.17. The number of esters is 1. The van der Waals surface area contributed by atoms with Crippen molar-refractivity contribution in [2.24, 2.45) is 0 Å². The molecule has 0 fully saturated rings. The largest absolute Gasteiger partial charge is 0.465 e. The molecule has 0 bridgehead atoms. The molecule has 0 amide bonds. The predicted octanol–water partition coefficient (Wildman–Crippen LogP) is 1.36. The Balaban J connectivity index is 2.25. The molecule has 0 aromatic carbocycles. The minimum Gasteiger partial charge on any atom is -0.465 e. The van der Waals surface area contributed by atoms with Gasteiger partial charge in [-0.3, -0.25) is 9.20 Å². The Morgan fingerprint density at radius 3 is 2.89 bits per heavy atom. The number of carbonyl (C=O) groups excluding carboxylic acids is 1. The SMILES string of the molecule is COC(=O)c1ccc2nc3c(c(=O)n2c1)CCCC3. The molecule has 0 spiro atoms. The second-order valence-electron chi connectivity index (χ2n) is 4.69. The van der Waals surface area contributed by atoms with Crippen LogP contribution >= 0.6 is 0 Å². The Hall–Kier alpha value is -2.17. The fraction of sp³-hybridized carbons (Fsp3) is 0.357. The maximum Gasteiger partial charge on any atom is 0.339 e. The highest BCUT2D eigenvalue weighted by Gasteiger charge is 2.17. The van der Waals surface area contributed by atoms with Gasteiger partial charge in [-0.1, -0.05) is 0 Å². The molecule has 98 valence electrons. The van der Waals surface area contributed by atoms with Gasteiger partial charge >= 0.3 is 5.97 Å². The molecular weight excluding hydrogens is 244 g/mol. The first-order valence-corrected chi connectivity index (χ1v) is 6.33. The van der Waals surface area contributed by atoms with Crippen LogP contribution in [0.3, 0.4) is 0 Å². The van der Waals surface area contributed by atoms with E-state index in [1.807, 2.05) is 0 Å². The predicted molar refractivity (Wildman–Crippen MR) is 69.4 cm³/mol. The van der Waals surface area contributed by atoms with Crippen molar-refractivity contribution >= 4 is 11.6 Å². The summed E-state index contributed by atoms with van der Waals surface area (Å²) in [6.07, 6.45) is 5.24. The summed E-state index contributed by atoms with van der Waals surface area (Å²) < 4.78 is 6.10. The Bertz CT molecular complexity index is 718. The van der Waals surface area contributed by atoms with E-state index >= 15 is 0 Å². The quantitative estimate of drug-likeness (QED) is 0.725. The number of aromatic nitrogens is 2. The average Bonchev–Trinajstić information content (AvgIpc) is 2.46. The number of pyridine rings is 1. The minimum absolute atomic E-state index is 0.0644. The van der Waals surface area contributed by atoms with E-state index in [2.05, 4.69) is 9.72 Å². The first-order chi connectivity index (χ1) is 9.20. The van der Waals surface area contributed by atoms with Crippen LogP contribution < -0.4 is 5.56 Å². The van der Waals surface area contributed by atoms with Crippen LogP contribution in [0.25, 0.3) is 5.65 Å². The minimum atomic E-state index is -0.452. The van der Waals surface area contributed by atoms with E-state index in [0.29, 0.717) is 11.2 Å². The zero-order valence-electron chi connectivity index (χ0n) is 10.7. The molecule has 19 heavy (non-hydrogen) atoms. The Morgan fingerprint density at radius 1 is 1.32 bits per heavy atom. The first-order valence-electron chi connectivity index (χ1n) is 6.33. The molecule has 0 saturated carbocycles. The fourth-order valence-corrected chi connectivity index (χ4v) is 2.51. The molecular formula is C14H14N2O3. The van der Waals surface area contributed by atoms with Crippen molar-refractivity contribution in [1.29, 1.82) is 0 Å². The first kappa shape index (κ1) is 11.9. The summed E-state index contributed by atoms with van der Waals surface area (Å²) >= 11 is 0. The third kappa shape index (κ3) is 1.91. The number of rotatable bonds is 1. The molecule has 1 aliphatic carbocycles. The number of methoxy groups -OCH3 is 1. The van der Waals surface area contributed by atoms with Gasteiger partial charge in [0.1, 0.15) is 5.65 Å². The number of hydrogen-bond acceptors (Lipinski definition) is 4. The van der Waals surface area contributed by atoms with Crippen molar-refractivity contribution in [3.05, 3.63) is 45.5 Å². The van der Waals surface area contributed by atoms with Crippen molar-refractivity contribution in [3.63, 3.8) is 0 Å². The number of carbonyl (C=O) groups is 1. The van der Waals surface area contributed by atoms with Crippen molar-refractivity contribution in [2.75, 3.05) is 7.11 Å². The molecule has 0 N–H and O–H groups in total. The molecule has 0 radical (unpaired) electrons. The van der Waals surface area contributed by atoms with Gasteiger partial charge in [0.2, 0.25) is 0 Å². The number of nitrogens with zero attached hydrogens (tertiary/aromatic N) is 2. The van der Waals surface area contributed by atoms with Gasteiger partial charge in [-0.05, 0) is 37.8 Å². The van der Waals surface area contributed by atoms with E-state index in [0.717, 1.165) is 36.9 Å². The number of hydrogen-bond donors (Lipinski definition) is 0. The molecule has 0 saturated heterocycles. The normalized spacial score (nSPS) is 14.2. The van der Waals surface area contributed by atoms with Crippen LogP contribution in [0.15, 0.2) is 23.1 Å². The number of aryl methyl sites for hydroxylation is 1. The second kappa shape index (κ2) is 4.50. The zero-order chi connectivity index (χ0) is 13.4. The van der Waals surface area contributed by atoms with Crippen molar-refractivity contribution in [1.82, 2.24) is 9.38 Å². The van der Waals surface area contributed by atoms with E-state index in [1.165, 1.54) is 17.7 Å². The monoisotopic (exact) mass is 258 g/mol. The van der Waals surface area contributed by atoms with E-state index < -0.39 is 5.97 Å². The van der Waals surface area contributed by atoms with Crippen LogP contribution in [0.5, 0.6) is 0 Å². The Kier molecular flexibility index (Phi) is 2.81. The molecule has 0 unspecified atom stereocenters. The lowest BCUT2D eigenvalue weighted by Gasteiger charge is -2.15. The van der Waals surface area contributed by atoms with Crippen molar-refractivity contribution in [3.8, 4) is 0 Å². The molecule has 5 heteroatoms. The fourth-order valence-electron chi connectivity index (χ4n) is 2.51. The van der Waals surface area contributed by atoms with Crippen LogP contribution in [0, 0.1) is 0 Å². The zero-order valence-corrected chi connectivity index (χ0v) is 10.7. The Morgan fingerprint density at radius 2 is 2.11 bits per heavy atom. The van der Waals surface area contributed by atoms with Gasteiger partial charge < -0.3 is 4.74 Å². The van der Waals surface area contributed by atoms with Crippen LogP contribution in [-0.4, -0.2) is 22.5 Å². The summed E-state index contributed by atoms with van der Waals surface area (Å²) in [4.78, 5) is 28.4. The third-order valence-electron chi connectivity index (χ3n) is 3.51.